The standard InChI is InChI=1S/C11H21NO/c1-9(12-10(2)13)11-7-5-3-4-6-8-11/h9,11H,3-8H2,1-2H3,(H,12,13)/t9-/m1/s1. The molecule has 76 valence electrons. The van der Waals surface area contributed by atoms with E-state index in [4.69, 9.17) is 0 Å². The van der Waals surface area contributed by atoms with Crippen LogP contribution in [0, 0.1) is 5.92 Å². The maximum atomic E-state index is 10.9. The summed E-state index contributed by atoms with van der Waals surface area (Å²) < 4.78 is 0. The molecule has 1 atom stereocenters. The zero-order valence-corrected chi connectivity index (χ0v) is 8.81. The van der Waals surface area contributed by atoms with Gasteiger partial charge in [-0.2, -0.15) is 0 Å². The predicted octanol–water partition coefficient (Wildman–Crippen LogP) is 2.48. The topological polar surface area (TPSA) is 29.1 Å². The van der Waals surface area contributed by atoms with E-state index in [-0.39, 0.29) is 5.91 Å². The zero-order chi connectivity index (χ0) is 9.68. The van der Waals surface area contributed by atoms with Crippen LogP contribution in [-0.4, -0.2) is 11.9 Å². The van der Waals surface area contributed by atoms with Crippen molar-refractivity contribution in [3.63, 3.8) is 0 Å². The number of hydrogen-bond acceptors (Lipinski definition) is 1. The Labute approximate surface area is 81.1 Å². The summed E-state index contributed by atoms with van der Waals surface area (Å²) in [5.74, 6) is 0.822. The number of carbonyl (C=O) groups excluding carboxylic acids is 1. The van der Waals surface area contributed by atoms with E-state index in [0.717, 1.165) is 0 Å². The van der Waals surface area contributed by atoms with Gasteiger partial charge in [0.05, 0.1) is 0 Å². The van der Waals surface area contributed by atoms with Crippen LogP contribution in [-0.2, 0) is 4.79 Å². The van der Waals surface area contributed by atoms with Crippen LogP contribution in [0.15, 0.2) is 0 Å². The second-order valence-electron chi connectivity index (χ2n) is 4.24. The van der Waals surface area contributed by atoms with E-state index in [1.807, 2.05) is 0 Å². The summed E-state index contributed by atoms with van der Waals surface area (Å²) in [4.78, 5) is 10.9. The van der Waals surface area contributed by atoms with E-state index in [9.17, 15) is 4.79 Å². The number of rotatable bonds is 2. The molecule has 0 saturated heterocycles. The normalized spacial score (nSPS) is 22.0. The molecule has 0 spiro atoms. The molecule has 0 bridgehead atoms. The Bertz CT molecular complexity index is 159. The van der Waals surface area contributed by atoms with Crippen molar-refractivity contribution in [3.05, 3.63) is 0 Å². The summed E-state index contributed by atoms with van der Waals surface area (Å²) in [6, 6.07) is 0.371. The van der Waals surface area contributed by atoms with Gasteiger partial charge in [0.25, 0.3) is 0 Å². The molecule has 0 unspecified atom stereocenters. The maximum Gasteiger partial charge on any atom is 0.217 e. The van der Waals surface area contributed by atoms with Gasteiger partial charge in [-0.05, 0) is 25.7 Å². The molecule has 2 nitrogen and oxygen atoms in total. The fraction of sp³-hybridized carbons (Fsp3) is 0.909. The minimum absolute atomic E-state index is 0.108. The highest BCUT2D eigenvalue weighted by Crippen LogP contribution is 2.25. The Morgan fingerprint density at radius 3 is 2.23 bits per heavy atom. The van der Waals surface area contributed by atoms with Gasteiger partial charge in [0.15, 0.2) is 0 Å². The van der Waals surface area contributed by atoms with Crippen LogP contribution in [0.4, 0.5) is 0 Å². The van der Waals surface area contributed by atoms with Gasteiger partial charge in [-0.25, -0.2) is 0 Å². The Morgan fingerprint density at radius 1 is 1.23 bits per heavy atom. The molecular formula is C11H21NO. The molecule has 1 aliphatic rings. The van der Waals surface area contributed by atoms with Crippen LogP contribution >= 0.6 is 0 Å². The van der Waals surface area contributed by atoms with E-state index in [1.54, 1.807) is 6.92 Å². The number of amides is 1. The third kappa shape index (κ3) is 3.79. The van der Waals surface area contributed by atoms with Gasteiger partial charge in [0, 0.05) is 13.0 Å². The highest BCUT2D eigenvalue weighted by atomic mass is 16.1. The predicted molar refractivity (Wildman–Crippen MR) is 54.5 cm³/mol. The van der Waals surface area contributed by atoms with E-state index in [1.165, 1.54) is 38.5 Å². The lowest BCUT2D eigenvalue weighted by atomic mass is 9.93. The quantitative estimate of drug-likeness (QED) is 0.655. The van der Waals surface area contributed by atoms with Gasteiger partial charge in [-0.15, -0.1) is 0 Å². The van der Waals surface area contributed by atoms with Gasteiger partial charge >= 0.3 is 0 Å². The van der Waals surface area contributed by atoms with Crippen molar-refractivity contribution in [2.24, 2.45) is 5.92 Å². The summed E-state index contributed by atoms with van der Waals surface area (Å²) in [6.07, 6.45) is 8.03. The molecule has 13 heavy (non-hydrogen) atoms. The van der Waals surface area contributed by atoms with Crippen LogP contribution < -0.4 is 5.32 Å². The molecule has 0 aliphatic heterocycles. The molecule has 2 heteroatoms. The van der Waals surface area contributed by atoms with Crippen molar-refractivity contribution in [1.82, 2.24) is 5.32 Å². The van der Waals surface area contributed by atoms with Crippen molar-refractivity contribution in [2.45, 2.75) is 58.4 Å². The van der Waals surface area contributed by atoms with Crippen LogP contribution in [0.2, 0.25) is 0 Å². The molecule has 0 aromatic rings. The van der Waals surface area contributed by atoms with Gasteiger partial charge < -0.3 is 5.32 Å². The van der Waals surface area contributed by atoms with Crippen LogP contribution in [0.5, 0.6) is 0 Å². The molecule has 1 amide bonds. The number of carbonyl (C=O) groups is 1. The highest BCUT2D eigenvalue weighted by Gasteiger charge is 2.19. The molecular weight excluding hydrogens is 162 g/mol. The largest absolute Gasteiger partial charge is 0.354 e. The lowest BCUT2D eigenvalue weighted by molar-refractivity contribution is -0.119. The lowest BCUT2D eigenvalue weighted by Crippen LogP contribution is -2.36. The molecule has 1 rings (SSSR count). The maximum absolute atomic E-state index is 10.9. The molecule has 0 aromatic carbocycles. The minimum Gasteiger partial charge on any atom is -0.354 e. The number of nitrogens with one attached hydrogen (secondary N) is 1. The van der Waals surface area contributed by atoms with E-state index >= 15 is 0 Å². The Hall–Kier alpha value is -0.530. The SMILES string of the molecule is CC(=O)N[C@H](C)C1CCCCCC1. The Kier molecular flexibility index (Phi) is 4.26. The second kappa shape index (κ2) is 5.25. The zero-order valence-electron chi connectivity index (χ0n) is 8.81. The first-order valence-electron chi connectivity index (χ1n) is 5.47. The van der Waals surface area contributed by atoms with Crippen molar-refractivity contribution < 1.29 is 4.79 Å². The highest BCUT2D eigenvalue weighted by molar-refractivity contribution is 5.73. The van der Waals surface area contributed by atoms with Gasteiger partial charge in [-0.3, -0.25) is 4.79 Å². The van der Waals surface area contributed by atoms with E-state index < -0.39 is 0 Å². The summed E-state index contributed by atoms with van der Waals surface area (Å²) >= 11 is 0. The first kappa shape index (κ1) is 10.6. The van der Waals surface area contributed by atoms with Gasteiger partial charge in [-0.1, -0.05) is 25.7 Å². The molecule has 1 N–H and O–H groups in total. The fourth-order valence-corrected chi connectivity index (χ4v) is 2.25. The molecule has 1 saturated carbocycles. The third-order valence-corrected chi connectivity index (χ3v) is 3.04. The van der Waals surface area contributed by atoms with Crippen molar-refractivity contribution in [3.8, 4) is 0 Å². The minimum atomic E-state index is 0.108. The first-order valence-corrected chi connectivity index (χ1v) is 5.47. The van der Waals surface area contributed by atoms with E-state index in [2.05, 4.69) is 12.2 Å². The van der Waals surface area contributed by atoms with Crippen molar-refractivity contribution in [2.75, 3.05) is 0 Å². The summed E-state index contributed by atoms with van der Waals surface area (Å²) in [5, 5.41) is 3.00. The fourth-order valence-electron chi connectivity index (χ4n) is 2.25. The van der Waals surface area contributed by atoms with Crippen molar-refractivity contribution >= 4 is 5.91 Å². The average Bonchev–Trinajstić information content (AvgIpc) is 2.29. The second-order valence-corrected chi connectivity index (χ2v) is 4.24. The summed E-state index contributed by atoms with van der Waals surface area (Å²) in [7, 11) is 0. The van der Waals surface area contributed by atoms with Crippen LogP contribution in [0.1, 0.15) is 52.4 Å². The summed E-state index contributed by atoms with van der Waals surface area (Å²) in [6.45, 7) is 3.74. The van der Waals surface area contributed by atoms with E-state index in [0.29, 0.717) is 12.0 Å². The Morgan fingerprint density at radius 2 is 1.77 bits per heavy atom. The monoisotopic (exact) mass is 183 g/mol. The van der Waals surface area contributed by atoms with Gasteiger partial charge in [0.2, 0.25) is 5.91 Å². The Balaban J connectivity index is 2.34. The average molecular weight is 183 g/mol. The summed E-state index contributed by atoms with van der Waals surface area (Å²) in [5.41, 5.74) is 0. The molecule has 0 radical (unpaired) electrons. The lowest BCUT2D eigenvalue weighted by Gasteiger charge is -2.22. The number of hydrogen-bond donors (Lipinski definition) is 1. The van der Waals surface area contributed by atoms with Gasteiger partial charge in [0.1, 0.15) is 0 Å². The molecule has 0 aromatic heterocycles. The smallest absolute Gasteiger partial charge is 0.217 e. The van der Waals surface area contributed by atoms with Crippen LogP contribution in [0.3, 0.4) is 0 Å². The van der Waals surface area contributed by atoms with Crippen LogP contribution in [0.25, 0.3) is 0 Å². The first-order chi connectivity index (χ1) is 6.20. The molecule has 1 fully saturated rings. The molecule has 1 aliphatic carbocycles. The van der Waals surface area contributed by atoms with Crippen molar-refractivity contribution in [1.29, 1.82) is 0 Å². The third-order valence-electron chi connectivity index (χ3n) is 3.04. The molecule has 0 heterocycles.